The van der Waals surface area contributed by atoms with Crippen LogP contribution in [0.25, 0.3) is 5.03 Å². The fourth-order valence-corrected chi connectivity index (χ4v) is 1.67. The van der Waals surface area contributed by atoms with Gasteiger partial charge in [-0.1, -0.05) is 11.6 Å². The number of hydrogen-bond acceptors (Lipinski definition) is 4. The van der Waals surface area contributed by atoms with Gasteiger partial charge in [0, 0.05) is 19.0 Å². The number of fused-ring (bicyclic) bond motifs is 1. The van der Waals surface area contributed by atoms with E-state index in [1.165, 1.54) is 6.08 Å². The maximum absolute atomic E-state index is 10.7. The van der Waals surface area contributed by atoms with Crippen molar-refractivity contribution in [2.45, 2.75) is 19.9 Å². The van der Waals surface area contributed by atoms with E-state index in [9.17, 15) is 10.1 Å². The molecule has 0 aliphatic carbocycles. The van der Waals surface area contributed by atoms with Gasteiger partial charge in [-0.3, -0.25) is 4.57 Å². The minimum absolute atomic E-state index is 0.188. The second-order valence-corrected chi connectivity index (χ2v) is 3.70. The molecule has 1 aliphatic heterocycles. The van der Waals surface area contributed by atoms with Crippen molar-refractivity contribution in [3.63, 3.8) is 0 Å². The van der Waals surface area contributed by atoms with Crippen LogP contribution >= 0.6 is 11.6 Å². The predicted octanol–water partition coefficient (Wildman–Crippen LogP) is 0.391. The van der Waals surface area contributed by atoms with Crippen molar-refractivity contribution in [3.05, 3.63) is 39.2 Å². The maximum Gasteiger partial charge on any atom is 0.362 e. The third kappa shape index (κ3) is 1.71. The summed E-state index contributed by atoms with van der Waals surface area (Å²) in [5, 5.41) is 11.7. The van der Waals surface area contributed by atoms with Crippen molar-refractivity contribution in [3.8, 4) is 0 Å². The lowest BCUT2D eigenvalue weighted by atomic mass is 10.3. The van der Waals surface area contributed by atoms with Gasteiger partial charge in [-0.15, -0.1) is 0 Å². The fraction of sp³-hybridized carbons (Fsp3) is 0.333. The van der Waals surface area contributed by atoms with Gasteiger partial charge in [-0.2, -0.15) is 0 Å². The minimum atomic E-state index is -0.522. The molecule has 0 unspecified atom stereocenters. The van der Waals surface area contributed by atoms with Crippen molar-refractivity contribution >= 4 is 16.6 Å². The highest BCUT2D eigenvalue weighted by atomic mass is 35.5. The van der Waals surface area contributed by atoms with E-state index in [0.717, 1.165) is 0 Å². The molecule has 0 bridgehead atoms. The van der Waals surface area contributed by atoms with Crippen LogP contribution in [0, 0.1) is 10.1 Å². The van der Waals surface area contributed by atoms with Crippen molar-refractivity contribution in [2.24, 2.45) is 4.99 Å². The van der Waals surface area contributed by atoms with Crippen molar-refractivity contribution in [2.75, 3.05) is 0 Å². The van der Waals surface area contributed by atoms with E-state index in [4.69, 9.17) is 11.6 Å². The Morgan fingerprint density at radius 1 is 1.69 bits per heavy atom. The van der Waals surface area contributed by atoms with Crippen molar-refractivity contribution in [1.29, 1.82) is 0 Å². The average molecular weight is 241 g/mol. The molecule has 0 saturated heterocycles. The van der Waals surface area contributed by atoms with Crippen LogP contribution in [-0.4, -0.2) is 14.5 Å². The van der Waals surface area contributed by atoms with E-state index in [2.05, 4.69) is 9.98 Å². The first-order valence-corrected chi connectivity index (χ1v) is 5.14. The Hall–Kier alpha value is -1.69. The minimum Gasteiger partial charge on any atom is -0.358 e. The maximum atomic E-state index is 10.7. The standard InChI is InChI=1S/C9H9ClN4O2/c1-2-13-5-11-8-6(10)3-4-7(14(15)16)12-9(8)13/h4-5H,2-3H2,1H3. The largest absolute Gasteiger partial charge is 0.362 e. The number of hydrogen-bond donors (Lipinski definition) is 0. The van der Waals surface area contributed by atoms with Gasteiger partial charge in [0.1, 0.15) is 5.35 Å². The Morgan fingerprint density at radius 2 is 2.44 bits per heavy atom. The summed E-state index contributed by atoms with van der Waals surface area (Å²) in [7, 11) is 0. The quantitative estimate of drug-likeness (QED) is 0.555. The summed E-state index contributed by atoms with van der Waals surface area (Å²) in [5.41, 5.74) is 0.452. The van der Waals surface area contributed by atoms with E-state index >= 15 is 0 Å². The molecule has 2 rings (SSSR count). The van der Waals surface area contributed by atoms with Crippen LogP contribution < -0.4 is 10.8 Å². The topological polar surface area (TPSA) is 73.3 Å². The zero-order valence-electron chi connectivity index (χ0n) is 8.55. The molecule has 6 nitrogen and oxygen atoms in total. The SMILES string of the molecule is CCn1cnc2c1=NC([N+](=O)[O-])=CCC=2Cl. The molecule has 1 aromatic rings. The summed E-state index contributed by atoms with van der Waals surface area (Å²) < 4.78 is 1.72. The van der Waals surface area contributed by atoms with Gasteiger partial charge in [0.25, 0.3) is 5.49 Å². The second kappa shape index (κ2) is 4.05. The van der Waals surface area contributed by atoms with Crippen LogP contribution in [0.2, 0.25) is 0 Å². The van der Waals surface area contributed by atoms with Gasteiger partial charge in [0.15, 0.2) is 0 Å². The van der Waals surface area contributed by atoms with Gasteiger partial charge >= 0.3 is 5.82 Å². The van der Waals surface area contributed by atoms with Crippen LogP contribution in [0.3, 0.4) is 0 Å². The highest BCUT2D eigenvalue weighted by molar-refractivity contribution is 6.45. The smallest absolute Gasteiger partial charge is 0.358 e. The molecule has 0 amide bonds. The van der Waals surface area contributed by atoms with Crippen molar-refractivity contribution in [1.82, 2.24) is 9.55 Å². The van der Waals surface area contributed by atoms with Crippen LogP contribution in [0.5, 0.6) is 0 Å². The first-order valence-electron chi connectivity index (χ1n) is 4.76. The number of halogens is 1. The van der Waals surface area contributed by atoms with Gasteiger partial charge < -0.3 is 10.1 Å². The number of allylic oxidation sites excluding steroid dienone is 1. The zero-order chi connectivity index (χ0) is 11.7. The summed E-state index contributed by atoms with van der Waals surface area (Å²) in [5.74, 6) is -0.188. The van der Waals surface area contributed by atoms with E-state index in [0.29, 0.717) is 22.4 Å². The number of imidazole rings is 1. The Balaban J connectivity index is 2.74. The molecule has 0 aromatic carbocycles. The van der Waals surface area contributed by atoms with E-state index in [1.54, 1.807) is 10.9 Å². The van der Waals surface area contributed by atoms with Crippen LogP contribution in [0.1, 0.15) is 13.3 Å². The van der Waals surface area contributed by atoms with Gasteiger partial charge in [0.05, 0.1) is 11.4 Å². The molecule has 0 spiro atoms. The monoisotopic (exact) mass is 240 g/mol. The van der Waals surface area contributed by atoms with Crippen LogP contribution in [0.15, 0.2) is 23.2 Å². The Morgan fingerprint density at radius 3 is 3.06 bits per heavy atom. The molecular formula is C9H9ClN4O2. The number of nitro groups is 1. The lowest BCUT2D eigenvalue weighted by Crippen LogP contribution is -2.31. The van der Waals surface area contributed by atoms with Crippen molar-refractivity contribution < 1.29 is 4.92 Å². The summed E-state index contributed by atoms with van der Waals surface area (Å²) in [6.07, 6.45) is 3.26. The molecule has 16 heavy (non-hydrogen) atoms. The number of nitrogens with zero attached hydrogens (tertiary/aromatic N) is 4. The highest BCUT2D eigenvalue weighted by Gasteiger charge is 2.16. The van der Waals surface area contributed by atoms with Gasteiger partial charge in [-0.25, -0.2) is 4.98 Å². The second-order valence-electron chi connectivity index (χ2n) is 3.24. The molecular weight excluding hydrogens is 232 g/mol. The van der Waals surface area contributed by atoms with Crippen LogP contribution in [0.4, 0.5) is 0 Å². The summed E-state index contributed by atoms with van der Waals surface area (Å²) in [6.45, 7) is 2.55. The normalized spacial score (nSPS) is 14.9. The molecule has 84 valence electrons. The highest BCUT2D eigenvalue weighted by Crippen LogP contribution is 2.11. The fourth-order valence-electron chi connectivity index (χ4n) is 1.46. The lowest BCUT2D eigenvalue weighted by molar-refractivity contribution is -0.426. The third-order valence-electron chi connectivity index (χ3n) is 2.28. The van der Waals surface area contributed by atoms with E-state index < -0.39 is 4.92 Å². The first kappa shape index (κ1) is 10.8. The van der Waals surface area contributed by atoms with E-state index in [1.807, 2.05) is 6.92 Å². The third-order valence-corrected chi connectivity index (χ3v) is 2.61. The lowest BCUT2D eigenvalue weighted by Gasteiger charge is -1.92. The van der Waals surface area contributed by atoms with Gasteiger partial charge in [0.2, 0.25) is 0 Å². The molecule has 0 N–H and O–H groups in total. The molecule has 1 aliphatic rings. The Bertz CT molecular complexity index is 587. The summed E-state index contributed by atoms with van der Waals surface area (Å²) >= 11 is 6.01. The molecule has 0 saturated carbocycles. The predicted molar refractivity (Wildman–Crippen MR) is 57.6 cm³/mol. The van der Waals surface area contributed by atoms with E-state index in [-0.39, 0.29) is 12.2 Å². The Labute approximate surface area is 95.7 Å². The summed E-state index contributed by atoms with van der Waals surface area (Å²) in [4.78, 5) is 18.3. The molecule has 1 aromatic heterocycles. The number of rotatable bonds is 2. The molecule has 0 fully saturated rings. The molecule has 0 atom stereocenters. The first-order chi connectivity index (χ1) is 7.63. The summed E-state index contributed by atoms with van der Waals surface area (Å²) in [6, 6.07) is 0. The zero-order valence-corrected chi connectivity index (χ0v) is 9.31. The average Bonchev–Trinajstić information content (AvgIpc) is 2.58. The van der Waals surface area contributed by atoms with Crippen LogP contribution in [-0.2, 0) is 6.54 Å². The van der Waals surface area contributed by atoms with Gasteiger partial charge in [-0.05, 0) is 16.8 Å². The number of aromatic nitrogens is 2. The molecule has 7 heteroatoms. The number of aryl methyl sites for hydroxylation is 1. The molecule has 0 radical (unpaired) electrons. The molecule has 2 heterocycles. The Kier molecular flexibility index (Phi) is 2.74.